The Morgan fingerprint density at radius 3 is 2.47 bits per heavy atom. The quantitative estimate of drug-likeness (QED) is 0.825. The van der Waals surface area contributed by atoms with Crippen molar-refractivity contribution in [1.29, 1.82) is 0 Å². The number of rotatable bonds is 3. The fraction of sp³-hybridized carbons (Fsp3) is 0.364. The third-order valence-corrected chi connectivity index (χ3v) is 3.74. The van der Waals surface area contributed by atoms with Gasteiger partial charge < -0.3 is 5.11 Å². The second kappa shape index (κ2) is 4.85. The van der Waals surface area contributed by atoms with Crippen LogP contribution in [0.15, 0.2) is 23.1 Å². The summed E-state index contributed by atoms with van der Waals surface area (Å²) < 4.78 is 25.6. The van der Waals surface area contributed by atoms with Gasteiger partial charge in [-0.05, 0) is 38.0 Å². The summed E-state index contributed by atoms with van der Waals surface area (Å²) in [6, 6.07) is 4.93. The molecule has 0 saturated heterocycles. The van der Waals surface area contributed by atoms with E-state index in [9.17, 15) is 13.2 Å². The van der Waals surface area contributed by atoms with Gasteiger partial charge in [-0.2, -0.15) is 0 Å². The Morgan fingerprint density at radius 2 is 1.94 bits per heavy atom. The van der Waals surface area contributed by atoms with Crippen molar-refractivity contribution < 1.29 is 18.3 Å². The second-order valence-electron chi connectivity index (χ2n) is 3.91. The molecule has 0 fully saturated rings. The van der Waals surface area contributed by atoms with Gasteiger partial charge in [0.05, 0.1) is 4.90 Å². The number of aliphatic hydroxyl groups is 1. The minimum atomic E-state index is -3.92. The molecule has 0 radical (unpaired) electrons. The lowest BCUT2D eigenvalue weighted by molar-refractivity contribution is -0.126. The van der Waals surface area contributed by atoms with E-state index in [-0.39, 0.29) is 4.90 Å². The highest BCUT2D eigenvalue weighted by Gasteiger charge is 2.21. The van der Waals surface area contributed by atoms with Crippen molar-refractivity contribution in [3.63, 3.8) is 0 Å². The molecule has 0 aliphatic heterocycles. The maximum Gasteiger partial charge on any atom is 0.264 e. The van der Waals surface area contributed by atoms with Crippen molar-refractivity contribution in [3.05, 3.63) is 29.3 Å². The molecular weight excluding hydrogens is 242 g/mol. The molecule has 94 valence electrons. The lowest BCUT2D eigenvalue weighted by atomic mass is 10.2. The van der Waals surface area contributed by atoms with E-state index in [1.54, 1.807) is 26.0 Å². The van der Waals surface area contributed by atoms with Gasteiger partial charge in [-0.15, -0.1) is 0 Å². The summed E-state index contributed by atoms with van der Waals surface area (Å²) in [5, 5.41) is 8.98. The van der Waals surface area contributed by atoms with Crippen LogP contribution in [0.5, 0.6) is 0 Å². The first-order chi connectivity index (χ1) is 7.74. The highest BCUT2D eigenvalue weighted by atomic mass is 32.2. The normalized spacial score (nSPS) is 13.2. The fourth-order valence-electron chi connectivity index (χ4n) is 1.27. The zero-order valence-corrected chi connectivity index (χ0v) is 10.7. The first kappa shape index (κ1) is 13.7. The molecule has 0 spiro atoms. The van der Waals surface area contributed by atoms with Gasteiger partial charge in [0.2, 0.25) is 0 Å². The van der Waals surface area contributed by atoms with E-state index in [0.29, 0.717) is 5.56 Å². The fourth-order valence-corrected chi connectivity index (χ4v) is 2.65. The second-order valence-corrected chi connectivity index (χ2v) is 5.57. The minimum Gasteiger partial charge on any atom is -0.384 e. The summed E-state index contributed by atoms with van der Waals surface area (Å²) in [6.07, 6.45) is -1.37. The SMILES string of the molecule is Cc1ccc(C)c(S(=O)(=O)NC(=O)C(C)O)c1. The lowest BCUT2D eigenvalue weighted by Gasteiger charge is -2.11. The smallest absolute Gasteiger partial charge is 0.264 e. The predicted octanol–water partition coefficient (Wildman–Crippen LogP) is 0.489. The summed E-state index contributed by atoms with van der Waals surface area (Å²) in [4.78, 5) is 11.2. The van der Waals surface area contributed by atoms with Crippen molar-refractivity contribution in [3.8, 4) is 0 Å². The topological polar surface area (TPSA) is 83.5 Å². The monoisotopic (exact) mass is 257 g/mol. The summed E-state index contributed by atoms with van der Waals surface area (Å²) in [5.74, 6) is -0.939. The molecular formula is C11H15NO4S. The van der Waals surface area contributed by atoms with Gasteiger partial charge >= 0.3 is 0 Å². The molecule has 1 aromatic rings. The summed E-state index contributed by atoms with van der Waals surface area (Å²) in [6.45, 7) is 4.60. The van der Waals surface area contributed by atoms with Crippen molar-refractivity contribution in [2.24, 2.45) is 0 Å². The molecule has 2 N–H and O–H groups in total. The molecule has 1 atom stereocenters. The third kappa shape index (κ3) is 3.28. The molecule has 5 nitrogen and oxygen atoms in total. The molecule has 0 heterocycles. The van der Waals surface area contributed by atoms with E-state index in [1.807, 2.05) is 4.72 Å². The number of carbonyl (C=O) groups excluding carboxylic acids is 1. The van der Waals surface area contributed by atoms with Crippen molar-refractivity contribution in [2.45, 2.75) is 31.8 Å². The summed E-state index contributed by atoms with van der Waals surface area (Å²) in [7, 11) is -3.92. The van der Waals surface area contributed by atoms with Crippen LogP contribution in [0.1, 0.15) is 18.1 Å². The highest BCUT2D eigenvalue weighted by molar-refractivity contribution is 7.90. The van der Waals surface area contributed by atoms with E-state index >= 15 is 0 Å². The minimum absolute atomic E-state index is 0.0477. The summed E-state index contributed by atoms with van der Waals surface area (Å²) >= 11 is 0. The average Bonchev–Trinajstić information content (AvgIpc) is 2.20. The Hall–Kier alpha value is -1.40. The van der Waals surface area contributed by atoms with E-state index in [0.717, 1.165) is 5.56 Å². The Morgan fingerprint density at radius 1 is 1.35 bits per heavy atom. The molecule has 1 unspecified atom stereocenters. The Labute approximate surface area is 101 Å². The van der Waals surface area contributed by atoms with Gasteiger partial charge in [-0.25, -0.2) is 13.1 Å². The Balaban J connectivity index is 3.14. The molecule has 0 aliphatic rings. The maximum absolute atomic E-state index is 11.9. The lowest BCUT2D eigenvalue weighted by Crippen LogP contribution is -2.37. The summed E-state index contributed by atoms with van der Waals surface area (Å²) in [5.41, 5.74) is 1.32. The van der Waals surface area contributed by atoms with Gasteiger partial charge in [0.15, 0.2) is 0 Å². The van der Waals surface area contributed by atoms with Crippen LogP contribution in [0.25, 0.3) is 0 Å². The number of aryl methyl sites for hydroxylation is 2. The highest BCUT2D eigenvalue weighted by Crippen LogP contribution is 2.16. The number of benzene rings is 1. The molecule has 1 amide bonds. The number of hydrogen-bond acceptors (Lipinski definition) is 4. The number of hydrogen-bond donors (Lipinski definition) is 2. The predicted molar refractivity (Wildman–Crippen MR) is 62.9 cm³/mol. The van der Waals surface area contributed by atoms with Gasteiger partial charge in [0.25, 0.3) is 15.9 Å². The molecule has 1 aromatic carbocycles. The average molecular weight is 257 g/mol. The Kier molecular flexibility index (Phi) is 3.90. The van der Waals surface area contributed by atoms with E-state index in [4.69, 9.17) is 5.11 Å². The Bertz CT molecular complexity index is 534. The van der Waals surface area contributed by atoms with Crippen LogP contribution < -0.4 is 4.72 Å². The standard InChI is InChI=1S/C11H15NO4S/c1-7-4-5-8(2)10(6-7)17(15,16)12-11(14)9(3)13/h4-6,9,13H,1-3H3,(H,12,14). The number of amides is 1. The van der Waals surface area contributed by atoms with Crippen LogP contribution in [0.4, 0.5) is 0 Å². The van der Waals surface area contributed by atoms with Crippen LogP contribution >= 0.6 is 0 Å². The molecule has 0 aliphatic carbocycles. The van der Waals surface area contributed by atoms with Crippen LogP contribution in [0, 0.1) is 13.8 Å². The van der Waals surface area contributed by atoms with Gasteiger partial charge in [0, 0.05) is 0 Å². The van der Waals surface area contributed by atoms with Gasteiger partial charge in [0.1, 0.15) is 6.10 Å². The van der Waals surface area contributed by atoms with E-state index in [1.165, 1.54) is 13.0 Å². The molecule has 1 rings (SSSR count). The van der Waals surface area contributed by atoms with Crippen LogP contribution in [0.3, 0.4) is 0 Å². The molecule has 0 bridgehead atoms. The number of aliphatic hydroxyl groups excluding tert-OH is 1. The molecule has 6 heteroatoms. The van der Waals surface area contributed by atoms with Crippen molar-refractivity contribution in [1.82, 2.24) is 4.72 Å². The molecule has 0 saturated carbocycles. The molecule has 0 aromatic heterocycles. The van der Waals surface area contributed by atoms with Crippen molar-refractivity contribution in [2.75, 3.05) is 0 Å². The first-order valence-corrected chi connectivity index (χ1v) is 6.54. The number of sulfonamides is 1. The first-order valence-electron chi connectivity index (χ1n) is 5.06. The molecule has 17 heavy (non-hydrogen) atoms. The van der Waals surface area contributed by atoms with Gasteiger partial charge in [-0.3, -0.25) is 4.79 Å². The van der Waals surface area contributed by atoms with E-state index < -0.39 is 22.0 Å². The van der Waals surface area contributed by atoms with Crippen LogP contribution in [0.2, 0.25) is 0 Å². The number of nitrogens with one attached hydrogen (secondary N) is 1. The van der Waals surface area contributed by atoms with E-state index in [2.05, 4.69) is 0 Å². The van der Waals surface area contributed by atoms with Crippen LogP contribution in [-0.4, -0.2) is 25.5 Å². The van der Waals surface area contributed by atoms with Crippen LogP contribution in [-0.2, 0) is 14.8 Å². The zero-order valence-electron chi connectivity index (χ0n) is 9.89. The number of carbonyl (C=O) groups is 1. The third-order valence-electron chi connectivity index (χ3n) is 2.25. The zero-order chi connectivity index (χ0) is 13.2. The van der Waals surface area contributed by atoms with Gasteiger partial charge in [-0.1, -0.05) is 12.1 Å². The largest absolute Gasteiger partial charge is 0.384 e. The van der Waals surface area contributed by atoms with Crippen molar-refractivity contribution >= 4 is 15.9 Å². The maximum atomic E-state index is 11.9.